The summed E-state index contributed by atoms with van der Waals surface area (Å²) in [5, 5.41) is 0. The second-order valence-corrected chi connectivity index (χ2v) is 10.7. The number of aryl methyl sites for hydroxylation is 3. The van der Waals surface area contributed by atoms with E-state index in [2.05, 4.69) is 29.9 Å². The van der Waals surface area contributed by atoms with Crippen molar-refractivity contribution in [3.05, 3.63) is 69.8 Å². The first kappa shape index (κ1) is 28.8. The molecule has 0 saturated carbocycles. The molecule has 0 unspecified atom stereocenters. The smallest absolute Gasteiger partial charge is 0.242 e. The first-order valence-electron chi connectivity index (χ1n) is 13.1. The Kier molecular flexibility index (Phi) is 5.79. The summed E-state index contributed by atoms with van der Waals surface area (Å²) in [5.41, 5.74) is -4.13. The molecule has 45 heavy (non-hydrogen) atoms. The molecule has 7 rings (SSSR count). The number of benzene rings is 4. The summed E-state index contributed by atoms with van der Waals surface area (Å²) < 4.78 is 124. The minimum absolute atomic E-state index is 0.0217. The van der Waals surface area contributed by atoms with Gasteiger partial charge in [0.15, 0.2) is 0 Å². The van der Waals surface area contributed by atoms with E-state index in [0.717, 1.165) is 17.2 Å². The molecule has 0 aliphatic carbocycles. The average molecular weight is 630 g/mol. The highest BCUT2D eigenvalue weighted by molar-refractivity contribution is 6.21. The van der Waals surface area contributed by atoms with Gasteiger partial charge in [0, 0.05) is 0 Å². The monoisotopic (exact) mass is 630 g/mol. The van der Waals surface area contributed by atoms with Gasteiger partial charge in [-0.05, 0) is 73.9 Å². The molecule has 3 aromatic heterocycles. The molecule has 0 fully saturated rings. The van der Waals surface area contributed by atoms with Gasteiger partial charge in [0.05, 0.1) is 49.8 Å². The first-order valence-corrected chi connectivity index (χ1v) is 13.1. The molecule has 0 bridgehead atoms. The Hall–Kier alpha value is -4.95. The molecule has 0 spiro atoms. The fourth-order valence-electron chi connectivity index (χ4n) is 5.39. The van der Waals surface area contributed by atoms with Crippen molar-refractivity contribution in [2.24, 2.45) is 0 Å². The van der Waals surface area contributed by atoms with Gasteiger partial charge in [0.1, 0.15) is 33.1 Å². The van der Waals surface area contributed by atoms with Crippen molar-refractivity contribution in [2.45, 2.75) is 39.3 Å². The van der Waals surface area contributed by atoms with Gasteiger partial charge < -0.3 is 0 Å². The van der Waals surface area contributed by atoms with E-state index in [0.29, 0.717) is 11.0 Å². The van der Waals surface area contributed by atoms with Gasteiger partial charge >= 0.3 is 18.5 Å². The lowest BCUT2D eigenvalue weighted by Crippen LogP contribution is -2.16. The number of hydrogen-bond donors (Lipinski definition) is 0. The summed E-state index contributed by atoms with van der Waals surface area (Å²) >= 11 is 0. The minimum atomic E-state index is -5.39. The van der Waals surface area contributed by atoms with Crippen molar-refractivity contribution in [1.82, 2.24) is 29.9 Å². The Balaban J connectivity index is 1.70. The molecule has 0 aliphatic heterocycles. The fourth-order valence-corrected chi connectivity index (χ4v) is 5.39. The Morgan fingerprint density at radius 3 is 0.822 bits per heavy atom. The van der Waals surface area contributed by atoms with Crippen molar-refractivity contribution in [1.29, 1.82) is 0 Å². The van der Waals surface area contributed by atoms with Gasteiger partial charge in [-0.2, -0.15) is 39.5 Å². The molecule has 0 N–H and O–H groups in total. The number of rotatable bonds is 0. The Labute approximate surface area is 245 Å². The third-order valence-electron chi connectivity index (χ3n) is 7.68. The molecule has 228 valence electrons. The summed E-state index contributed by atoms with van der Waals surface area (Å²) in [4.78, 5) is 26.8. The topological polar surface area (TPSA) is 77.3 Å². The van der Waals surface area contributed by atoms with Gasteiger partial charge in [-0.15, -0.1) is 0 Å². The molecule has 4 aromatic carbocycles. The quantitative estimate of drug-likeness (QED) is 0.0946. The number of hydrogen-bond acceptors (Lipinski definition) is 6. The number of alkyl halides is 9. The van der Waals surface area contributed by atoms with Crippen LogP contribution in [0, 0.1) is 20.8 Å². The fraction of sp³-hybridized carbons (Fsp3) is 0.200. The van der Waals surface area contributed by atoms with E-state index < -0.39 is 46.3 Å². The maximum Gasteiger partial charge on any atom is 0.417 e. The maximum atomic E-state index is 13.8. The van der Waals surface area contributed by atoms with E-state index in [4.69, 9.17) is 0 Å². The summed E-state index contributed by atoms with van der Waals surface area (Å²) in [6.45, 7) is 4.94. The number of nitrogens with zero attached hydrogens (tertiary/aromatic N) is 6. The van der Waals surface area contributed by atoms with Crippen LogP contribution in [0.2, 0.25) is 0 Å². The maximum absolute atomic E-state index is 13.8. The van der Waals surface area contributed by atoms with Gasteiger partial charge in [0.25, 0.3) is 0 Å². The average Bonchev–Trinajstić information content (AvgIpc) is 2.93. The van der Waals surface area contributed by atoms with E-state index in [9.17, 15) is 39.5 Å². The van der Waals surface area contributed by atoms with E-state index >= 15 is 0 Å². The Morgan fingerprint density at radius 1 is 0.333 bits per heavy atom. The Bertz CT molecular complexity index is 2410. The van der Waals surface area contributed by atoms with Crippen LogP contribution >= 0.6 is 0 Å². The molecule has 15 heteroatoms. The highest BCUT2D eigenvalue weighted by Gasteiger charge is 2.43. The molecule has 7 aromatic rings. The minimum Gasteiger partial charge on any atom is -0.242 e. The standard InChI is InChI=1S/C30H15F9N6/c1-10-4-16-17(5-11(10)2)41-23-22(40-16)24-25(43-19-7-13(28(31,32)33)12(3)6-18(19)42-24)27-26(23)44-20-8-14(29(34,35)36)15(30(37,38)39)9-21(20)45-27/h4-9H,1-3H3. The molecule has 3 heterocycles. The van der Waals surface area contributed by atoms with Crippen molar-refractivity contribution in [3.63, 3.8) is 0 Å². The van der Waals surface area contributed by atoms with Crippen LogP contribution in [-0.2, 0) is 18.5 Å². The molecular formula is C30H15F9N6. The van der Waals surface area contributed by atoms with Crippen LogP contribution < -0.4 is 0 Å². The normalized spacial score (nSPS) is 13.3. The lowest BCUT2D eigenvalue weighted by Gasteiger charge is -2.17. The van der Waals surface area contributed by atoms with Gasteiger partial charge in [-0.3, -0.25) is 0 Å². The van der Waals surface area contributed by atoms with Gasteiger partial charge in [0.2, 0.25) is 0 Å². The van der Waals surface area contributed by atoms with Crippen LogP contribution in [0.15, 0.2) is 36.4 Å². The summed E-state index contributed by atoms with van der Waals surface area (Å²) in [7, 11) is 0. The van der Waals surface area contributed by atoms with Crippen LogP contribution in [0.5, 0.6) is 0 Å². The van der Waals surface area contributed by atoms with E-state index in [1.807, 2.05) is 13.8 Å². The van der Waals surface area contributed by atoms with Crippen LogP contribution in [0.1, 0.15) is 33.4 Å². The number of aromatic nitrogens is 6. The molecular weight excluding hydrogens is 615 g/mol. The molecule has 6 nitrogen and oxygen atoms in total. The summed E-state index contributed by atoms with van der Waals surface area (Å²) in [6, 6.07) is 5.96. The number of fused-ring (bicyclic) bond motifs is 9. The van der Waals surface area contributed by atoms with E-state index in [1.165, 1.54) is 13.0 Å². The predicted octanol–water partition coefficient (Wildman–Crippen LogP) is 8.96. The van der Waals surface area contributed by atoms with Gasteiger partial charge in [-0.25, -0.2) is 29.9 Å². The zero-order chi connectivity index (χ0) is 32.4. The predicted molar refractivity (Wildman–Crippen MR) is 147 cm³/mol. The summed E-state index contributed by atoms with van der Waals surface area (Å²) in [6.07, 6.45) is -15.5. The lowest BCUT2D eigenvalue weighted by molar-refractivity contribution is -0.161. The molecule has 0 atom stereocenters. The molecule has 0 saturated heterocycles. The van der Waals surface area contributed by atoms with Crippen LogP contribution in [0.3, 0.4) is 0 Å². The third kappa shape index (κ3) is 4.51. The van der Waals surface area contributed by atoms with Crippen LogP contribution in [0.25, 0.3) is 66.2 Å². The lowest BCUT2D eigenvalue weighted by atomic mass is 10.0. The zero-order valence-corrected chi connectivity index (χ0v) is 23.0. The van der Waals surface area contributed by atoms with Crippen LogP contribution in [0.4, 0.5) is 39.5 Å². The zero-order valence-electron chi connectivity index (χ0n) is 23.0. The highest BCUT2D eigenvalue weighted by Crippen LogP contribution is 2.43. The van der Waals surface area contributed by atoms with Crippen molar-refractivity contribution >= 4 is 66.2 Å². The number of halogens is 9. The first-order chi connectivity index (χ1) is 20.9. The van der Waals surface area contributed by atoms with Crippen molar-refractivity contribution < 1.29 is 39.5 Å². The highest BCUT2D eigenvalue weighted by atomic mass is 19.4. The van der Waals surface area contributed by atoms with Gasteiger partial charge in [-0.1, -0.05) is 0 Å². The van der Waals surface area contributed by atoms with E-state index in [1.54, 1.807) is 12.1 Å². The molecule has 0 amide bonds. The van der Waals surface area contributed by atoms with Crippen LogP contribution in [-0.4, -0.2) is 29.9 Å². The molecule has 0 radical (unpaired) electrons. The SMILES string of the molecule is Cc1cc2nc3c(nc2cc1C)c1nc2cc(C(F)(F)F)c(C(F)(F)F)cc2nc1c1nc2cc(C(F)(F)F)c(C)cc2nc31. The summed E-state index contributed by atoms with van der Waals surface area (Å²) in [5.74, 6) is 0. The molecule has 0 aliphatic rings. The second-order valence-electron chi connectivity index (χ2n) is 10.7. The van der Waals surface area contributed by atoms with Crippen molar-refractivity contribution in [2.75, 3.05) is 0 Å². The largest absolute Gasteiger partial charge is 0.417 e. The second kappa shape index (κ2) is 9.05. The van der Waals surface area contributed by atoms with Crippen molar-refractivity contribution in [3.8, 4) is 0 Å². The third-order valence-corrected chi connectivity index (χ3v) is 7.68. The van der Waals surface area contributed by atoms with E-state index in [-0.39, 0.29) is 61.8 Å². The Morgan fingerprint density at radius 2 is 0.556 bits per heavy atom.